The second-order valence-electron chi connectivity index (χ2n) is 8.94. The summed E-state index contributed by atoms with van der Waals surface area (Å²) >= 11 is 0. The minimum atomic E-state index is -0.601. The van der Waals surface area contributed by atoms with Gasteiger partial charge in [0.2, 0.25) is 5.91 Å². The Morgan fingerprint density at radius 2 is 1.80 bits per heavy atom. The maximum Gasteiger partial charge on any atom is 0.263 e. The van der Waals surface area contributed by atoms with Gasteiger partial charge in [0.25, 0.3) is 5.91 Å². The van der Waals surface area contributed by atoms with E-state index in [9.17, 15) is 14.0 Å². The Balaban J connectivity index is 1.28. The molecule has 5 heterocycles. The molecule has 2 saturated heterocycles. The van der Waals surface area contributed by atoms with Gasteiger partial charge < -0.3 is 26.6 Å². The summed E-state index contributed by atoms with van der Waals surface area (Å²) in [5.41, 5.74) is 12.4. The summed E-state index contributed by atoms with van der Waals surface area (Å²) in [6.45, 7) is 2.67. The van der Waals surface area contributed by atoms with Crippen LogP contribution < -0.4 is 21.7 Å². The summed E-state index contributed by atoms with van der Waals surface area (Å²) in [4.78, 5) is 42.3. The van der Waals surface area contributed by atoms with E-state index in [0.29, 0.717) is 37.4 Å². The van der Waals surface area contributed by atoms with Gasteiger partial charge in [-0.2, -0.15) is 0 Å². The molecule has 2 aliphatic rings. The van der Waals surface area contributed by atoms with Crippen LogP contribution >= 0.6 is 0 Å². The Morgan fingerprint density at radius 1 is 1.06 bits per heavy atom. The molecule has 35 heavy (non-hydrogen) atoms. The number of likely N-dealkylation sites (tertiary alicyclic amines) is 1. The highest BCUT2D eigenvalue weighted by molar-refractivity contribution is 6.12. The van der Waals surface area contributed by atoms with Crippen LogP contribution in [0.5, 0.6) is 0 Å². The molecule has 0 atom stereocenters. The average Bonchev–Trinajstić information content (AvgIpc) is 3.19. The highest BCUT2D eigenvalue weighted by atomic mass is 19.1. The van der Waals surface area contributed by atoms with Gasteiger partial charge in [-0.15, -0.1) is 5.10 Å². The fraction of sp³-hybridized carbons (Fsp3) is 0.455. The minimum absolute atomic E-state index is 0.0327. The molecule has 0 radical (unpaired) electrons. The lowest BCUT2D eigenvalue weighted by Crippen LogP contribution is -2.47. The molecule has 5 rings (SSSR count). The summed E-state index contributed by atoms with van der Waals surface area (Å²) in [7, 11) is 0. The summed E-state index contributed by atoms with van der Waals surface area (Å²) in [6, 6.07) is 0.181. The maximum absolute atomic E-state index is 13.5. The third-order valence-corrected chi connectivity index (χ3v) is 6.63. The maximum atomic E-state index is 13.5. The summed E-state index contributed by atoms with van der Waals surface area (Å²) in [5, 5.41) is 6.75. The van der Waals surface area contributed by atoms with Crippen molar-refractivity contribution in [2.75, 3.05) is 42.1 Å². The quantitative estimate of drug-likeness (QED) is 0.485. The van der Waals surface area contributed by atoms with Crippen molar-refractivity contribution in [2.45, 2.75) is 31.7 Å². The van der Waals surface area contributed by atoms with Gasteiger partial charge in [-0.3, -0.25) is 9.59 Å². The first-order valence-electron chi connectivity index (χ1n) is 11.6. The van der Waals surface area contributed by atoms with Gasteiger partial charge in [0, 0.05) is 38.1 Å². The van der Waals surface area contributed by atoms with Gasteiger partial charge in [-0.25, -0.2) is 23.9 Å². The van der Waals surface area contributed by atoms with Crippen LogP contribution in [-0.4, -0.2) is 73.5 Å². The first-order valence-corrected chi connectivity index (χ1v) is 11.6. The van der Waals surface area contributed by atoms with Gasteiger partial charge in [-0.05, 0) is 25.7 Å². The fourth-order valence-corrected chi connectivity index (χ4v) is 4.71. The average molecular weight is 483 g/mol. The van der Waals surface area contributed by atoms with Gasteiger partial charge in [0.15, 0.2) is 23.1 Å². The molecule has 2 fully saturated rings. The van der Waals surface area contributed by atoms with Crippen LogP contribution in [0.15, 0.2) is 24.9 Å². The van der Waals surface area contributed by atoms with Gasteiger partial charge >= 0.3 is 0 Å². The molecule has 0 aliphatic carbocycles. The predicted molar refractivity (Wildman–Crippen MR) is 126 cm³/mol. The Morgan fingerprint density at radius 3 is 2.54 bits per heavy atom. The molecular weight excluding hydrogens is 455 g/mol. The van der Waals surface area contributed by atoms with E-state index in [1.54, 1.807) is 0 Å². The van der Waals surface area contributed by atoms with Crippen molar-refractivity contribution < 1.29 is 14.0 Å². The number of aromatic nitrogens is 5. The number of piperidine rings is 2. The molecule has 13 heteroatoms. The number of carbonyl (C=O) groups excluding carboxylic acids is 2. The fourth-order valence-electron chi connectivity index (χ4n) is 4.71. The van der Waals surface area contributed by atoms with E-state index in [4.69, 9.17) is 11.5 Å². The molecule has 184 valence electrons. The SMILES string of the molecule is Nc1nn2cc(F)cnc2c1C(=O)Nc1cncnc1N1CCC(C(=O)N2CCC(N)CC2)CC1. The lowest BCUT2D eigenvalue weighted by Gasteiger charge is -2.37. The van der Waals surface area contributed by atoms with Crippen LogP contribution in [-0.2, 0) is 4.79 Å². The van der Waals surface area contributed by atoms with Crippen molar-refractivity contribution in [1.29, 1.82) is 0 Å². The summed E-state index contributed by atoms with van der Waals surface area (Å²) in [6.07, 6.45) is 8.07. The largest absolute Gasteiger partial charge is 0.381 e. The molecule has 0 bridgehead atoms. The number of nitrogens with zero attached hydrogens (tertiary/aromatic N) is 7. The number of hydrogen-bond donors (Lipinski definition) is 3. The highest BCUT2D eigenvalue weighted by Crippen LogP contribution is 2.29. The molecule has 2 aliphatic heterocycles. The van der Waals surface area contributed by atoms with Crippen molar-refractivity contribution >= 4 is 34.8 Å². The monoisotopic (exact) mass is 482 g/mol. The van der Waals surface area contributed by atoms with E-state index in [-0.39, 0.29) is 34.9 Å². The predicted octanol–water partition coefficient (Wildman–Crippen LogP) is 0.659. The van der Waals surface area contributed by atoms with Crippen molar-refractivity contribution in [1.82, 2.24) is 29.5 Å². The van der Waals surface area contributed by atoms with Crippen molar-refractivity contribution in [3.05, 3.63) is 36.3 Å². The van der Waals surface area contributed by atoms with Gasteiger partial charge in [-0.1, -0.05) is 0 Å². The Hall–Kier alpha value is -3.87. The lowest BCUT2D eigenvalue weighted by molar-refractivity contribution is -0.137. The minimum Gasteiger partial charge on any atom is -0.381 e. The number of anilines is 3. The number of halogens is 1. The zero-order valence-electron chi connectivity index (χ0n) is 19.1. The summed E-state index contributed by atoms with van der Waals surface area (Å²) < 4.78 is 14.6. The van der Waals surface area contributed by atoms with E-state index >= 15 is 0 Å². The van der Waals surface area contributed by atoms with Crippen molar-refractivity contribution in [2.24, 2.45) is 11.7 Å². The molecule has 0 spiro atoms. The van der Waals surface area contributed by atoms with Crippen molar-refractivity contribution in [3.63, 3.8) is 0 Å². The smallest absolute Gasteiger partial charge is 0.263 e. The molecule has 2 amide bonds. The van der Waals surface area contributed by atoms with Crippen LogP contribution in [0.4, 0.5) is 21.7 Å². The number of nitrogen functional groups attached to an aromatic ring is 1. The van der Waals surface area contributed by atoms with Gasteiger partial charge in [0.1, 0.15) is 17.6 Å². The third kappa shape index (κ3) is 4.58. The number of rotatable bonds is 4. The van der Waals surface area contributed by atoms with E-state index in [0.717, 1.165) is 42.8 Å². The first kappa shape index (κ1) is 22.9. The van der Waals surface area contributed by atoms with Crippen molar-refractivity contribution in [3.8, 4) is 0 Å². The number of nitrogens with one attached hydrogen (secondary N) is 1. The molecule has 0 unspecified atom stereocenters. The van der Waals surface area contributed by atoms with Crippen LogP contribution in [0.1, 0.15) is 36.0 Å². The number of nitrogens with two attached hydrogens (primary N) is 2. The molecule has 5 N–H and O–H groups in total. The van der Waals surface area contributed by atoms with E-state index in [1.165, 1.54) is 12.5 Å². The second-order valence-corrected chi connectivity index (χ2v) is 8.94. The number of fused-ring (bicyclic) bond motifs is 1. The molecule has 0 aromatic carbocycles. The topological polar surface area (TPSA) is 161 Å². The zero-order chi connectivity index (χ0) is 24.5. The molecular formula is C22H27FN10O2. The van der Waals surface area contributed by atoms with Crippen LogP contribution in [0.2, 0.25) is 0 Å². The number of amides is 2. The first-order chi connectivity index (χ1) is 16.9. The molecule has 12 nitrogen and oxygen atoms in total. The third-order valence-electron chi connectivity index (χ3n) is 6.63. The van der Waals surface area contributed by atoms with Crippen LogP contribution in [0.25, 0.3) is 5.65 Å². The van der Waals surface area contributed by atoms with E-state index < -0.39 is 11.7 Å². The Labute approximate surface area is 200 Å². The Kier molecular flexibility index (Phi) is 6.16. The normalized spacial score (nSPS) is 17.7. The number of hydrogen-bond acceptors (Lipinski definition) is 9. The Bertz CT molecular complexity index is 1250. The van der Waals surface area contributed by atoms with Gasteiger partial charge in [0.05, 0.1) is 18.6 Å². The second kappa shape index (κ2) is 9.41. The molecule has 3 aromatic heterocycles. The van der Waals surface area contributed by atoms with E-state index in [2.05, 4.69) is 25.4 Å². The van der Waals surface area contributed by atoms with Crippen LogP contribution in [0.3, 0.4) is 0 Å². The molecule has 3 aromatic rings. The highest BCUT2D eigenvalue weighted by Gasteiger charge is 2.31. The van der Waals surface area contributed by atoms with Crippen LogP contribution in [0, 0.1) is 11.7 Å². The standard InChI is InChI=1S/C22H27FN10O2/c23-14-9-27-20-17(18(25)30-33(20)11-14)21(34)29-16-10-26-12-28-19(16)31-5-1-13(2-6-31)22(35)32-7-3-15(24)4-8-32/h9-13,15H,1-8,24H2,(H2,25,30)(H,29,34). The molecule has 0 saturated carbocycles. The van der Waals surface area contributed by atoms with E-state index in [1.807, 2.05) is 9.80 Å². The zero-order valence-corrected chi connectivity index (χ0v) is 19.1. The number of carbonyl (C=O) groups is 2. The lowest BCUT2D eigenvalue weighted by atomic mass is 9.94. The summed E-state index contributed by atoms with van der Waals surface area (Å²) in [5.74, 6) is -0.516.